The first-order valence-corrected chi connectivity index (χ1v) is 10.0. The number of halogens is 1. The number of nitrogens with zero attached hydrogens (tertiary/aromatic N) is 1. The van der Waals surface area contributed by atoms with Crippen molar-refractivity contribution in [3.8, 4) is 11.5 Å². The summed E-state index contributed by atoms with van der Waals surface area (Å²) in [5.41, 5.74) is 9.60. The van der Waals surface area contributed by atoms with Gasteiger partial charge in [-0.25, -0.2) is 4.99 Å². The molecule has 2 aromatic rings. The summed E-state index contributed by atoms with van der Waals surface area (Å²) in [4.78, 5) is 4.47. The highest BCUT2D eigenvalue weighted by Gasteiger charge is 2.27. The van der Waals surface area contributed by atoms with Gasteiger partial charge in [0, 0.05) is 19.1 Å². The van der Waals surface area contributed by atoms with E-state index < -0.39 is 0 Å². The molecule has 6 nitrogen and oxygen atoms in total. The number of ether oxygens (including phenoxy) is 3. The van der Waals surface area contributed by atoms with Crippen LogP contribution in [0.3, 0.4) is 0 Å². The Balaban J connectivity index is 0.00000320. The summed E-state index contributed by atoms with van der Waals surface area (Å²) >= 11 is 0. The van der Waals surface area contributed by atoms with Crippen molar-refractivity contribution in [3.05, 3.63) is 59.2 Å². The standard InChI is InChI=1S/C23H31N3O3.HI/c1-16-6-9-18(10-7-16)22-19(5-4-12-29-22)15-26-23(24)25-14-17-8-11-20(27-2)21(13-17)28-3;/h6-11,13,19,22H,4-5,12,14-15H2,1-3H3,(H3,24,25,26);1H. The van der Waals surface area contributed by atoms with Gasteiger partial charge in [0.1, 0.15) is 0 Å². The van der Waals surface area contributed by atoms with Gasteiger partial charge in [-0.05, 0) is 43.0 Å². The molecule has 2 unspecified atom stereocenters. The SMILES string of the molecule is COc1ccc(CN=C(N)NCC2CCCOC2c2ccc(C)cc2)cc1OC.I. The molecule has 0 aromatic heterocycles. The van der Waals surface area contributed by atoms with E-state index in [4.69, 9.17) is 19.9 Å². The molecule has 0 spiro atoms. The van der Waals surface area contributed by atoms with E-state index >= 15 is 0 Å². The van der Waals surface area contributed by atoms with Crippen LogP contribution in [-0.2, 0) is 11.3 Å². The summed E-state index contributed by atoms with van der Waals surface area (Å²) in [7, 11) is 3.24. The third kappa shape index (κ3) is 6.50. The van der Waals surface area contributed by atoms with Crippen LogP contribution in [0.2, 0.25) is 0 Å². The Labute approximate surface area is 196 Å². The molecule has 3 N–H and O–H groups in total. The Bertz CT molecular complexity index is 827. The summed E-state index contributed by atoms with van der Waals surface area (Å²) in [6, 6.07) is 14.3. The Morgan fingerprint density at radius 3 is 2.57 bits per heavy atom. The van der Waals surface area contributed by atoms with E-state index in [-0.39, 0.29) is 30.1 Å². The van der Waals surface area contributed by atoms with Crippen LogP contribution in [0.15, 0.2) is 47.5 Å². The molecular weight excluding hydrogens is 493 g/mol. The highest BCUT2D eigenvalue weighted by atomic mass is 127. The largest absolute Gasteiger partial charge is 0.493 e. The van der Waals surface area contributed by atoms with Gasteiger partial charge in [0.25, 0.3) is 0 Å². The predicted molar refractivity (Wildman–Crippen MR) is 131 cm³/mol. The highest BCUT2D eigenvalue weighted by Crippen LogP contribution is 2.33. The average molecular weight is 525 g/mol. The molecule has 30 heavy (non-hydrogen) atoms. The first-order valence-electron chi connectivity index (χ1n) is 10.0. The molecule has 0 aliphatic carbocycles. The Morgan fingerprint density at radius 1 is 1.13 bits per heavy atom. The van der Waals surface area contributed by atoms with Gasteiger partial charge in [-0.2, -0.15) is 0 Å². The lowest BCUT2D eigenvalue weighted by Gasteiger charge is -2.32. The van der Waals surface area contributed by atoms with Gasteiger partial charge in [0.2, 0.25) is 0 Å². The summed E-state index contributed by atoms with van der Waals surface area (Å²) < 4.78 is 16.7. The maximum Gasteiger partial charge on any atom is 0.188 e. The molecule has 1 heterocycles. The smallest absolute Gasteiger partial charge is 0.188 e. The van der Waals surface area contributed by atoms with Crippen molar-refractivity contribution in [3.63, 3.8) is 0 Å². The number of hydrogen-bond acceptors (Lipinski definition) is 4. The number of nitrogens with one attached hydrogen (secondary N) is 1. The normalized spacial score (nSPS) is 19.0. The molecule has 0 radical (unpaired) electrons. The fraction of sp³-hybridized carbons (Fsp3) is 0.435. The van der Waals surface area contributed by atoms with Crippen LogP contribution in [0.25, 0.3) is 0 Å². The van der Waals surface area contributed by atoms with Crippen molar-refractivity contribution in [2.24, 2.45) is 16.6 Å². The molecule has 1 fully saturated rings. The summed E-state index contributed by atoms with van der Waals surface area (Å²) in [6.45, 7) is 4.11. The zero-order chi connectivity index (χ0) is 20.6. The second-order valence-corrected chi connectivity index (χ2v) is 7.38. The van der Waals surface area contributed by atoms with Crippen molar-refractivity contribution in [1.82, 2.24) is 5.32 Å². The molecule has 1 aliphatic heterocycles. The molecule has 2 atom stereocenters. The van der Waals surface area contributed by atoms with Crippen LogP contribution in [0.1, 0.15) is 35.6 Å². The minimum Gasteiger partial charge on any atom is -0.493 e. The van der Waals surface area contributed by atoms with Gasteiger partial charge in [0.05, 0.1) is 26.9 Å². The first-order chi connectivity index (χ1) is 14.1. The first kappa shape index (κ1) is 24.3. The van der Waals surface area contributed by atoms with E-state index in [0.717, 1.165) is 31.6 Å². The van der Waals surface area contributed by atoms with E-state index in [1.807, 2.05) is 18.2 Å². The van der Waals surface area contributed by atoms with Crippen LogP contribution < -0.4 is 20.5 Å². The van der Waals surface area contributed by atoms with Crippen LogP contribution in [0, 0.1) is 12.8 Å². The van der Waals surface area contributed by atoms with Gasteiger partial charge in [0.15, 0.2) is 17.5 Å². The van der Waals surface area contributed by atoms with Crippen molar-refractivity contribution < 1.29 is 14.2 Å². The van der Waals surface area contributed by atoms with Crippen LogP contribution in [0.4, 0.5) is 0 Å². The van der Waals surface area contributed by atoms with Crippen LogP contribution in [0.5, 0.6) is 11.5 Å². The predicted octanol–water partition coefficient (Wildman–Crippen LogP) is 4.20. The van der Waals surface area contributed by atoms with Crippen LogP contribution >= 0.6 is 24.0 Å². The molecule has 1 saturated heterocycles. The van der Waals surface area contributed by atoms with Gasteiger partial charge in [-0.1, -0.05) is 35.9 Å². The van der Waals surface area contributed by atoms with E-state index in [9.17, 15) is 0 Å². The number of guanidine groups is 1. The summed E-state index contributed by atoms with van der Waals surface area (Å²) in [6.07, 6.45) is 2.27. The number of rotatable bonds is 7. The monoisotopic (exact) mass is 525 g/mol. The molecular formula is C23H32IN3O3. The fourth-order valence-electron chi connectivity index (χ4n) is 3.62. The molecule has 0 bridgehead atoms. The minimum absolute atomic E-state index is 0. The fourth-order valence-corrected chi connectivity index (χ4v) is 3.62. The Kier molecular flexibility index (Phi) is 9.71. The summed E-state index contributed by atoms with van der Waals surface area (Å²) in [5.74, 6) is 2.19. The van der Waals surface area contributed by atoms with Crippen molar-refractivity contribution in [2.45, 2.75) is 32.4 Å². The quantitative estimate of drug-likeness (QED) is 0.322. The summed E-state index contributed by atoms with van der Waals surface area (Å²) in [5, 5.41) is 3.28. The number of nitrogens with two attached hydrogens (primary N) is 1. The second-order valence-electron chi connectivity index (χ2n) is 7.38. The van der Waals surface area contributed by atoms with Crippen molar-refractivity contribution in [1.29, 1.82) is 0 Å². The second kappa shape index (κ2) is 12.0. The molecule has 7 heteroatoms. The van der Waals surface area contributed by atoms with Gasteiger partial charge < -0.3 is 25.3 Å². The van der Waals surface area contributed by atoms with E-state index in [0.29, 0.717) is 29.9 Å². The maximum atomic E-state index is 6.11. The van der Waals surface area contributed by atoms with Crippen molar-refractivity contribution >= 4 is 29.9 Å². The molecule has 164 valence electrons. The van der Waals surface area contributed by atoms with E-state index in [1.165, 1.54) is 11.1 Å². The Hall–Kier alpha value is -2.00. The third-order valence-corrected chi connectivity index (χ3v) is 5.28. The van der Waals surface area contributed by atoms with Gasteiger partial charge in [-0.15, -0.1) is 24.0 Å². The zero-order valence-electron chi connectivity index (χ0n) is 17.9. The molecule has 3 rings (SSSR count). The zero-order valence-corrected chi connectivity index (χ0v) is 20.2. The lowest BCUT2D eigenvalue weighted by molar-refractivity contribution is -0.0265. The van der Waals surface area contributed by atoms with E-state index in [1.54, 1.807) is 14.2 Å². The topological polar surface area (TPSA) is 78.1 Å². The third-order valence-electron chi connectivity index (χ3n) is 5.28. The lowest BCUT2D eigenvalue weighted by atomic mass is 9.89. The number of benzene rings is 2. The molecule has 2 aromatic carbocycles. The average Bonchev–Trinajstić information content (AvgIpc) is 2.76. The minimum atomic E-state index is 0. The number of methoxy groups -OCH3 is 2. The number of aliphatic imine (C=N–C) groups is 1. The maximum absolute atomic E-state index is 6.11. The molecule has 1 aliphatic rings. The number of aryl methyl sites for hydroxylation is 1. The van der Waals surface area contributed by atoms with Gasteiger partial charge >= 0.3 is 0 Å². The number of hydrogen-bond donors (Lipinski definition) is 2. The Morgan fingerprint density at radius 2 is 1.87 bits per heavy atom. The van der Waals surface area contributed by atoms with Gasteiger partial charge in [-0.3, -0.25) is 0 Å². The van der Waals surface area contributed by atoms with Crippen molar-refractivity contribution in [2.75, 3.05) is 27.4 Å². The molecule has 0 saturated carbocycles. The van der Waals surface area contributed by atoms with E-state index in [2.05, 4.69) is 41.5 Å². The lowest BCUT2D eigenvalue weighted by Crippen LogP contribution is -2.39. The van der Waals surface area contributed by atoms with Crippen LogP contribution in [-0.4, -0.2) is 33.3 Å². The molecule has 0 amide bonds. The highest BCUT2D eigenvalue weighted by molar-refractivity contribution is 14.0.